The standard InChI is InChI=1S/C25H29F4N3O3/c1-32-11-10-24(15-4-7-20(34-2)21(12-15)35-3)9-8-17(14-22(24)32)31-23(33)30-16-5-6-19(26)18(13-16)25(27,28)29/h4-7,12-13,17,22H,8-11,14H2,1-3H3,(H2,30,31,33). The van der Waals surface area contributed by atoms with E-state index in [-0.39, 0.29) is 23.2 Å². The minimum Gasteiger partial charge on any atom is -0.493 e. The number of amides is 2. The second-order valence-electron chi connectivity index (χ2n) is 9.23. The van der Waals surface area contributed by atoms with Gasteiger partial charge in [0.05, 0.1) is 19.8 Å². The zero-order chi connectivity index (χ0) is 25.4. The van der Waals surface area contributed by atoms with Gasteiger partial charge in [0.2, 0.25) is 0 Å². The highest BCUT2D eigenvalue weighted by atomic mass is 19.4. The van der Waals surface area contributed by atoms with E-state index in [1.807, 2.05) is 12.1 Å². The molecule has 2 fully saturated rings. The number of carbonyl (C=O) groups excluding carboxylic acids is 1. The summed E-state index contributed by atoms with van der Waals surface area (Å²) in [5, 5.41) is 5.29. The number of hydrogen-bond donors (Lipinski definition) is 2. The second kappa shape index (κ2) is 9.56. The molecule has 1 heterocycles. The number of benzene rings is 2. The number of nitrogens with one attached hydrogen (secondary N) is 2. The van der Waals surface area contributed by atoms with E-state index in [0.29, 0.717) is 36.5 Å². The summed E-state index contributed by atoms with van der Waals surface area (Å²) in [6.45, 7) is 0.910. The summed E-state index contributed by atoms with van der Waals surface area (Å²) >= 11 is 0. The fourth-order valence-electron chi connectivity index (χ4n) is 5.57. The summed E-state index contributed by atoms with van der Waals surface area (Å²) in [5.74, 6) is -0.0478. The number of carbonyl (C=O) groups is 1. The maximum absolute atomic E-state index is 13.5. The van der Waals surface area contributed by atoms with Gasteiger partial charge in [-0.15, -0.1) is 0 Å². The van der Waals surface area contributed by atoms with Gasteiger partial charge in [-0.05, 0) is 75.2 Å². The molecule has 2 aliphatic rings. The first-order chi connectivity index (χ1) is 16.6. The van der Waals surface area contributed by atoms with Crippen LogP contribution in [0.5, 0.6) is 11.5 Å². The lowest BCUT2D eigenvalue weighted by Crippen LogP contribution is -2.52. The maximum atomic E-state index is 13.5. The molecule has 2 N–H and O–H groups in total. The number of anilines is 1. The zero-order valence-corrected chi connectivity index (χ0v) is 19.8. The first-order valence-electron chi connectivity index (χ1n) is 11.4. The third kappa shape index (κ3) is 4.89. The van der Waals surface area contributed by atoms with Crippen LogP contribution in [0, 0.1) is 5.82 Å². The van der Waals surface area contributed by atoms with Crippen LogP contribution in [0.2, 0.25) is 0 Å². The van der Waals surface area contributed by atoms with Gasteiger partial charge in [-0.1, -0.05) is 6.07 Å². The molecular weight excluding hydrogens is 466 g/mol. The van der Waals surface area contributed by atoms with Crippen LogP contribution in [0.4, 0.5) is 28.0 Å². The number of rotatable bonds is 5. The Kier molecular flexibility index (Phi) is 6.86. The normalized spacial score (nSPS) is 24.5. The van der Waals surface area contributed by atoms with Gasteiger partial charge in [-0.25, -0.2) is 9.18 Å². The Balaban J connectivity index is 1.47. The van der Waals surface area contributed by atoms with Crippen molar-refractivity contribution in [2.45, 2.75) is 49.4 Å². The van der Waals surface area contributed by atoms with Gasteiger partial charge in [0, 0.05) is 23.2 Å². The van der Waals surface area contributed by atoms with E-state index in [1.165, 1.54) is 5.56 Å². The van der Waals surface area contributed by atoms with Crippen molar-refractivity contribution in [3.63, 3.8) is 0 Å². The zero-order valence-electron chi connectivity index (χ0n) is 19.8. The number of halogens is 4. The average molecular weight is 496 g/mol. The molecule has 1 saturated carbocycles. The molecule has 4 rings (SSSR count). The summed E-state index contributed by atoms with van der Waals surface area (Å²) in [5.41, 5.74) is -0.468. The van der Waals surface area contributed by atoms with Gasteiger partial charge < -0.3 is 25.0 Å². The number of likely N-dealkylation sites (N-methyl/N-ethyl adjacent to an activating group) is 1. The van der Waals surface area contributed by atoms with E-state index in [0.717, 1.165) is 25.5 Å². The van der Waals surface area contributed by atoms with E-state index in [9.17, 15) is 22.4 Å². The molecule has 1 aliphatic carbocycles. The highest BCUT2D eigenvalue weighted by Gasteiger charge is 2.50. The molecule has 10 heteroatoms. The Bertz CT molecular complexity index is 1090. The lowest BCUT2D eigenvalue weighted by atomic mass is 9.65. The lowest BCUT2D eigenvalue weighted by molar-refractivity contribution is -0.139. The topological polar surface area (TPSA) is 62.8 Å². The molecule has 0 radical (unpaired) electrons. The Morgan fingerprint density at radius 3 is 2.51 bits per heavy atom. The SMILES string of the molecule is COc1ccc(C23CCC(NC(=O)Nc4ccc(F)c(C(F)(F)F)c4)CC2N(C)CC3)cc1OC. The van der Waals surface area contributed by atoms with Crippen LogP contribution in [-0.2, 0) is 11.6 Å². The molecule has 2 aromatic carbocycles. The van der Waals surface area contributed by atoms with Crippen molar-refractivity contribution < 1.29 is 31.8 Å². The predicted molar refractivity (Wildman–Crippen MR) is 123 cm³/mol. The maximum Gasteiger partial charge on any atom is 0.419 e. The van der Waals surface area contributed by atoms with E-state index in [4.69, 9.17) is 9.47 Å². The number of fused-ring (bicyclic) bond motifs is 1. The van der Waals surface area contributed by atoms with Gasteiger partial charge >= 0.3 is 12.2 Å². The van der Waals surface area contributed by atoms with Crippen molar-refractivity contribution in [2.24, 2.45) is 0 Å². The van der Waals surface area contributed by atoms with Crippen LogP contribution in [0.25, 0.3) is 0 Å². The Labute approximate surface area is 201 Å². The average Bonchev–Trinajstić information content (AvgIpc) is 3.16. The summed E-state index contributed by atoms with van der Waals surface area (Å²) in [7, 11) is 5.27. The van der Waals surface area contributed by atoms with Gasteiger partial charge in [-0.2, -0.15) is 13.2 Å². The first-order valence-corrected chi connectivity index (χ1v) is 11.4. The number of likely N-dealkylation sites (tertiary alicyclic amines) is 1. The van der Waals surface area contributed by atoms with Crippen molar-refractivity contribution in [3.8, 4) is 11.5 Å². The highest BCUT2D eigenvalue weighted by molar-refractivity contribution is 5.89. The van der Waals surface area contributed by atoms with Gasteiger partial charge in [-0.3, -0.25) is 0 Å². The molecule has 0 spiro atoms. The lowest BCUT2D eigenvalue weighted by Gasteiger charge is -2.45. The number of ether oxygens (including phenoxy) is 2. The molecule has 1 aliphatic heterocycles. The molecule has 0 aromatic heterocycles. The van der Waals surface area contributed by atoms with E-state index < -0.39 is 23.6 Å². The van der Waals surface area contributed by atoms with Crippen molar-refractivity contribution in [1.29, 1.82) is 0 Å². The van der Waals surface area contributed by atoms with Crippen molar-refractivity contribution >= 4 is 11.7 Å². The summed E-state index contributed by atoms with van der Waals surface area (Å²) in [6.07, 6.45) is -1.64. The van der Waals surface area contributed by atoms with Crippen LogP contribution in [0.1, 0.15) is 36.8 Å². The van der Waals surface area contributed by atoms with Crippen molar-refractivity contribution in [3.05, 3.63) is 53.3 Å². The molecule has 1 saturated heterocycles. The Morgan fingerprint density at radius 2 is 1.83 bits per heavy atom. The van der Waals surface area contributed by atoms with E-state index >= 15 is 0 Å². The molecule has 0 bridgehead atoms. The van der Waals surface area contributed by atoms with Gasteiger partial charge in [0.25, 0.3) is 0 Å². The molecule has 35 heavy (non-hydrogen) atoms. The Hall–Kier alpha value is -3.01. The fourth-order valence-corrected chi connectivity index (χ4v) is 5.57. The quantitative estimate of drug-likeness (QED) is 0.562. The Morgan fingerprint density at radius 1 is 1.09 bits per heavy atom. The predicted octanol–water partition coefficient (Wildman–Crippen LogP) is 5.18. The molecule has 3 atom stereocenters. The molecule has 6 nitrogen and oxygen atoms in total. The molecular formula is C25H29F4N3O3. The number of nitrogens with zero attached hydrogens (tertiary/aromatic N) is 1. The van der Waals surface area contributed by atoms with Crippen LogP contribution in [0.3, 0.4) is 0 Å². The number of alkyl halides is 3. The van der Waals surface area contributed by atoms with Gasteiger partial charge in [0.15, 0.2) is 11.5 Å². The molecule has 3 unspecified atom stereocenters. The van der Waals surface area contributed by atoms with Crippen LogP contribution in [0.15, 0.2) is 36.4 Å². The third-order valence-corrected chi connectivity index (χ3v) is 7.35. The third-order valence-electron chi connectivity index (χ3n) is 7.35. The number of hydrogen-bond acceptors (Lipinski definition) is 4. The van der Waals surface area contributed by atoms with E-state index in [1.54, 1.807) is 14.2 Å². The van der Waals surface area contributed by atoms with Crippen LogP contribution < -0.4 is 20.1 Å². The smallest absolute Gasteiger partial charge is 0.419 e. The number of methoxy groups -OCH3 is 2. The summed E-state index contributed by atoms with van der Waals surface area (Å²) in [4.78, 5) is 14.9. The second-order valence-corrected chi connectivity index (χ2v) is 9.23. The van der Waals surface area contributed by atoms with Crippen LogP contribution in [-0.4, -0.2) is 50.8 Å². The number of urea groups is 1. The van der Waals surface area contributed by atoms with Crippen molar-refractivity contribution in [1.82, 2.24) is 10.2 Å². The fraction of sp³-hybridized carbons (Fsp3) is 0.480. The monoisotopic (exact) mass is 495 g/mol. The largest absolute Gasteiger partial charge is 0.493 e. The minimum atomic E-state index is -4.85. The van der Waals surface area contributed by atoms with Gasteiger partial charge in [0.1, 0.15) is 5.82 Å². The molecule has 2 aromatic rings. The summed E-state index contributed by atoms with van der Waals surface area (Å²) in [6, 6.07) is 7.81. The van der Waals surface area contributed by atoms with E-state index in [2.05, 4.69) is 28.6 Å². The molecule has 190 valence electrons. The molecule has 2 amide bonds. The summed E-state index contributed by atoms with van der Waals surface area (Å²) < 4.78 is 63.4. The first kappa shape index (κ1) is 25.1. The minimum absolute atomic E-state index is 0.0957. The van der Waals surface area contributed by atoms with Crippen molar-refractivity contribution in [2.75, 3.05) is 33.1 Å². The highest BCUT2D eigenvalue weighted by Crippen LogP contribution is 2.49. The van der Waals surface area contributed by atoms with Crippen LogP contribution >= 0.6 is 0 Å².